The van der Waals surface area contributed by atoms with Crippen LogP contribution >= 0.6 is 23.1 Å². The summed E-state index contributed by atoms with van der Waals surface area (Å²) in [6.07, 6.45) is 6.51. The van der Waals surface area contributed by atoms with Crippen LogP contribution in [0.1, 0.15) is 44.0 Å². The Morgan fingerprint density at radius 3 is 2.79 bits per heavy atom. The topological polar surface area (TPSA) is 54.9 Å². The van der Waals surface area contributed by atoms with Crippen LogP contribution in [0.4, 0.5) is 0 Å². The van der Waals surface area contributed by atoms with Crippen LogP contribution < -0.4 is 5.32 Å². The van der Waals surface area contributed by atoms with E-state index in [1.807, 2.05) is 13.8 Å². The number of nitrogens with zero attached hydrogens (tertiary/aromatic N) is 2. The Morgan fingerprint density at radius 2 is 2.16 bits per heavy atom. The minimum atomic E-state index is -0.101. The van der Waals surface area contributed by atoms with Gasteiger partial charge in [-0.3, -0.25) is 4.79 Å². The SMILES string of the molecule is Cc1nnc(SC(C)C(=O)NCC2CCCCC2)s1. The zero-order valence-electron chi connectivity index (χ0n) is 11.5. The molecule has 1 aromatic heterocycles. The maximum atomic E-state index is 12.0. The van der Waals surface area contributed by atoms with E-state index in [1.54, 1.807) is 11.3 Å². The molecule has 0 aliphatic heterocycles. The van der Waals surface area contributed by atoms with Crippen molar-refractivity contribution in [2.75, 3.05) is 6.54 Å². The lowest BCUT2D eigenvalue weighted by atomic mass is 9.89. The fourth-order valence-corrected chi connectivity index (χ4v) is 4.29. The first-order valence-corrected chi connectivity index (χ1v) is 8.59. The normalized spacial score (nSPS) is 18.2. The number of aryl methyl sites for hydroxylation is 1. The van der Waals surface area contributed by atoms with E-state index in [0.717, 1.165) is 15.9 Å². The molecule has 1 aliphatic carbocycles. The number of aromatic nitrogens is 2. The third-order valence-electron chi connectivity index (χ3n) is 3.44. The molecular weight excluding hydrogens is 278 g/mol. The number of rotatable bonds is 5. The molecule has 6 heteroatoms. The number of amides is 1. The second kappa shape index (κ2) is 7.24. The van der Waals surface area contributed by atoms with Crippen LogP contribution in [-0.2, 0) is 4.79 Å². The van der Waals surface area contributed by atoms with Crippen molar-refractivity contribution in [3.8, 4) is 0 Å². The van der Waals surface area contributed by atoms with Crippen molar-refractivity contribution in [1.29, 1.82) is 0 Å². The van der Waals surface area contributed by atoms with Gasteiger partial charge in [-0.1, -0.05) is 42.4 Å². The first-order chi connectivity index (χ1) is 9.15. The van der Waals surface area contributed by atoms with Crippen molar-refractivity contribution in [3.05, 3.63) is 5.01 Å². The third-order valence-corrected chi connectivity index (χ3v) is 5.47. The molecule has 0 saturated heterocycles. The first-order valence-electron chi connectivity index (χ1n) is 6.89. The number of carbonyl (C=O) groups excluding carboxylic acids is 1. The zero-order chi connectivity index (χ0) is 13.7. The van der Waals surface area contributed by atoms with Gasteiger partial charge in [-0.05, 0) is 32.6 Å². The highest BCUT2D eigenvalue weighted by Crippen LogP contribution is 2.26. The van der Waals surface area contributed by atoms with Crippen molar-refractivity contribution in [2.24, 2.45) is 5.92 Å². The van der Waals surface area contributed by atoms with Crippen LogP contribution in [-0.4, -0.2) is 27.9 Å². The number of hydrogen-bond donors (Lipinski definition) is 1. The summed E-state index contributed by atoms with van der Waals surface area (Å²) in [7, 11) is 0. The van der Waals surface area contributed by atoms with Gasteiger partial charge in [-0.15, -0.1) is 10.2 Å². The summed E-state index contributed by atoms with van der Waals surface area (Å²) in [6.45, 7) is 4.69. The Labute approximate surface area is 122 Å². The molecule has 0 radical (unpaired) electrons. The number of thioether (sulfide) groups is 1. The van der Waals surface area contributed by atoms with Gasteiger partial charge in [0.2, 0.25) is 5.91 Å². The van der Waals surface area contributed by atoms with Crippen molar-refractivity contribution >= 4 is 29.0 Å². The minimum absolute atomic E-state index is 0.101. The number of carbonyl (C=O) groups is 1. The average molecular weight is 299 g/mol. The van der Waals surface area contributed by atoms with Gasteiger partial charge in [0.25, 0.3) is 0 Å². The van der Waals surface area contributed by atoms with Crippen molar-refractivity contribution in [3.63, 3.8) is 0 Å². The smallest absolute Gasteiger partial charge is 0.233 e. The molecule has 1 amide bonds. The summed E-state index contributed by atoms with van der Waals surface area (Å²) in [5, 5.41) is 11.9. The molecule has 1 aromatic rings. The second-order valence-electron chi connectivity index (χ2n) is 5.10. The summed E-state index contributed by atoms with van der Waals surface area (Å²) < 4.78 is 0.873. The maximum Gasteiger partial charge on any atom is 0.233 e. The summed E-state index contributed by atoms with van der Waals surface area (Å²) >= 11 is 3.03. The zero-order valence-corrected chi connectivity index (χ0v) is 13.1. The molecule has 1 fully saturated rings. The Morgan fingerprint density at radius 1 is 1.42 bits per heavy atom. The molecular formula is C13H21N3OS2. The van der Waals surface area contributed by atoms with E-state index in [1.165, 1.54) is 43.9 Å². The predicted octanol–water partition coefficient (Wildman–Crippen LogP) is 3.02. The molecule has 0 bridgehead atoms. The Hall–Kier alpha value is -0.620. The molecule has 1 aliphatic rings. The van der Waals surface area contributed by atoms with Gasteiger partial charge in [-0.2, -0.15) is 0 Å². The van der Waals surface area contributed by atoms with E-state index in [9.17, 15) is 4.79 Å². The van der Waals surface area contributed by atoms with Crippen LogP contribution in [0.5, 0.6) is 0 Å². The fraction of sp³-hybridized carbons (Fsp3) is 0.769. The van der Waals surface area contributed by atoms with Crippen molar-refractivity contribution in [1.82, 2.24) is 15.5 Å². The van der Waals surface area contributed by atoms with E-state index in [0.29, 0.717) is 5.92 Å². The molecule has 1 saturated carbocycles. The Bertz CT molecular complexity index is 416. The monoisotopic (exact) mass is 299 g/mol. The van der Waals surface area contributed by atoms with Gasteiger partial charge >= 0.3 is 0 Å². The highest BCUT2D eigenvalue weighted by Gasteiger charge is 2.19. The molecule has 1 N–H and O–H groups in total. The van der Waals surface area contributed by atoms with Gasteiger partial charge < -0.3 is 5.32 Å². The number of hydrogen-bond acceptors (Lipinski definition) is 5. The van der Waals surface area contributed by atoms with E-state index in [-0.39, 0.29) is 11.2 Å². The van der Waals surface area contributed by atoms with E-state index >= 15 is 0 Å². The highest BCUT2D eigenvalue weighted by atomic mass is 32.2. The van der Waals surface area contributed by atoms with E-state index in [2.05, 4.69) is 15.5 Å². The quantitative estimate of drug-likeness (QED) is 0.849. The molecule has 1 atom stereocenters. The summed E-state index contributed by atoms with van der Waals surface area (Å²) in [5.41, 5.74) is 0. The van der Waals surface area contributed by atoms with E-state index < -0.39 is 0 Å². The number of nitrogens with one attached hydrogen (secondary N) is 1. The highest BCUT2D eigenvalue weighted by molar-refractivity contribution is 8.02. The third kappa shape index (κ3) is 4.76. The molecule has 19 heavy (non-hydrogen) atoms. The Balaban J connectivity index is 1.72. The van der Waals surface area contributed by atoms with E-state index in [4.69, 9.17) is 0 Å². The second-order valence-corrected chi connectivity index (χ2v) is 7.87. The molecule has 1 heterocycles. The molecule has 2 rings (SSSR count). The van der Waals surface area contributed by atoms with Crippen LogP contribution in [0.15, 0.2) is 4.34 Å². The van der Waals surface area contributed by atoms with Crippen molar-refractivity contribution < 1.29 is 4.79 Å². The molecule has 1 unspecified atom stereocenters. The van der Waals surface area contributed by atoms with Crippen molar-refractivity contribution in [2.45, 2.75) is 55.5 Å². The maximum absolute atomic E-state index is 12.0. The lowest BCUT2D eigenvalue weighted by molar-refractivity contribution is -0.120. The summed E-state index contributed by atoms with van der Waals surface area (Å²) in [5.74, 6) is 0.794. The van der Waals surface area contributed by atoms with Gasteiger partial charge in [0, 0.05) is 6.54 Å². The Kier molecular flexibility index (Phi) is 5.63. The van der Waals surface area contributed by atoms with Crippen LogP contribution in [0.25, 0.3) is 0 Å². The van der Waals surface area contributed by atoms with Crippen LogP contribution in [0.2, 0.25) is 0 Å². The summed E-state index contributed by atoms with van der Waals surface area (Å²) in [4.78, 5) is 12.0. The fourth-order valence-electron chi connectivity index (χ4n) is 2.31. The van der Waals surface area contributed by atoms with Crippen LogP contribution in [0.3, 0.4) is 0 Å². The van der Waals surface area contributed by atoms with Gasteiger partial charge in [0.15, 0.2) is 4.34 Å². The lowest BCUT2D eigenvalue weighted by Crippen LogP contribution is -2.35. The van der Waals surface area contributed by atoms with Gasteiger partial charge in [0.1, 0.15) is 5.01 Å². The standard InChI is InChI=1S/C13H21N3OS2/c1-9(18-13-16-15-10(2)19-13)12(17)14-8-11-6-4-3-5-7-11/h9,11H,3-8H2,1-2H3,(H,14,17). The minimum Gasteiger partial charge on any atom is -0.355 e. The molecule has 0 aromatic carbocycles. The summed E-state index contributed by atoms with van der Waals surface area (Å²) in [6, 6.07) is 0. The molecule has 4 nitrogen and oxygen atoms in total. The first kappa shape index (κ1) is 14.8. The average Bonchev–Trinajstić information content (AvgIpc) is 2.82. The molecule has 106 valence electrons. The lowest BCUT2D eigenvalue weighted by Gasteiger charge is -2.22. The predicted molar refractivity (Wildman–Crippen MR) is 79.5 cm³/mol. The largest absolute Gasteiger partial charge is 0.355 e. The van der Waals surface area contributed by atoms with Gasteiger partial charge in [-0.25, -0.2) is 0 Å². The van der Waals surface area contributed by atoms with Crippen LogP contribution in [0, 0.1) is 12.8 Å². The van der Waals surface area contributed by atoms with Gasteiger partial charge in [0.05, 0.1) is 5.25 Å². The molecule has 0 spiro atoms.